The largest absolute Gasteiger partial charge is 0.483 e. The number of hydrogen-bond acceptors (Lipinski definition) is 7. The van der Waals surface area contributed by atoms with Crippen molar-refractivity contribution in [1.82, 2.24) is 0 Å². The third-order valence-electron chi connectivity index (χ3n) is 4.97. The molecule has 0 aliphatic heterocycles. The molecular formula is C21H24N2O6S. The number of non-ortho nitro benzene ring substituents is 1. The molecule has 3 rings (SSSR count). The highest BCUT2D eigenvalue weighted by atomic mass is 32.1. The average Bonchev–Trinajstić information content (AvgIpc) is 3.03. The molecule has 160 valence electrons. The summed E-state index contributed by atoms with van der Waals surface area (Å²) in [6.45, 7) is 5.58. The number of benzene rings is 1. The van der Waals surface area contributed by atoms with E-state index in [0.29, 0.717) is 27.8 Å². The van der Waals surface area contributed by atoms with Crippen LogP contribution in [0.4, 0.5) is 10.7 Å². The Balaban J connectivity index is 1.73. The van der Waals surface area contributed by atoms with Gasteiger partial charge in [-0.25, -0.2) is 4.79 Å². The van der Waals surface area contributed by atoms with Gasteiger partial charge in [-0.3, -0.25) is 14.9 Å². The van der Waals surface area contributed by atoms with E-state index in [2.05, 4.69) is 12.2 Å². The maximum absolute atomic E-state index is 12.5. The molecule has 1 aromatic heterocycles. The topological polar surface area (TPSA) is 108 Å². The molecule has 0 spiro atoms. The van der Waals surface area contributed by atoms with E-state index in [4.69, 9.17) is 9.47 Å². The summed E-state index contributed by atoms with van der Waals surface area (Å²) in [5.74, 6) is 0.0841. The molecule has 1 N–H and O–H groups in total. The van der Waals surface area contributed by atoms with E-state index in [1.165, 1.54) is 29.5 Å². The fourth-order valence-corrected chi connectivity index (χ4v) is 4.89. The number of esters is 1. The second-order valence-electron chi connectivity index (χ2n) is 7.32. The Kier molecular flexibility index (Phi) is 6.71. The molecule has 1 amide bonds. The van der Waals surface area contributed by atoms with Gasteiger partial charge in [0, 0.05) is 17.0 Å². The van der Waals surface area contributed by atoms with Crippen LogP contribution in [0.25, 0.3) is 0 Å². The van der Waals surface area contributed by atoms with Crippen molar-refractivity contribution in [2.75, 3.05) is 18.5 Å². The zero-order valence-corrected chi connectivity index (χ0v) is 18.0. The Hall–Kier alpha value is -2.94. The average molecular weight is 432 g/mol. The van der Waals surface area contributed by atoms with Crippen molar-refractivity contribution in [3.63, 3.8) is 0 Å². The predicted molar refractivity (Wildman–Crippen MR) is 113 cm³/mol. The fourth-order valence-electron chi connectivity index (χ4n) is 3.47. The van der Waals surface area contributed by atoms with E-state index in [1.807, 2.05) is 0 Å². The zero-order valence-electron chi connectivity index (χ0n) is 17.1. The van der Waals surface area contributed by atoms with Crippen molar-refractivity contribution in [2.24, 2.45) is 5.92 Å². The van der Waals surface area contributed by atoms with Gasteiger partial charge in [0.05, 0.1) is 17.1 Å². The van der Waals surface area contributed by atoms with Gasteiger partial charge in [-0.1, -0.05) is 6.92 Å². The Morgan fingerprint density at radius 3 is 2.80 bits per heavy atom. The number of nitrogens with one attached hydrogen (secondary N) is 1. The van der Waals surface area contributed by atoms with Crippen molar-refractivity contribution in [3.8, 4) is 5.75 Å². The molecular weight excluding hydrogens is 408 g/mol. The minimum absolute atomic E-state index is 0.0400. The van der Waals surface area contributed by atoms with Crippen molar-refractivity contribution < 1.29 is 24.0 Å². The number of fused-ring (bicyclic) bond motifs is 1. The molecule has 1 heterocycles. The molecule has 8 nitrogen and oxygen atoms in total. The Bertz CT molecular complexity index is 984. The van der Waals surface area contributed by atoms with Gasteiger partial charge in [0.1, 0.15) is 10.8 Å². The fraction of sp³-hybridized carbons (Fsp3) is 0.429. The lowest BCUT2D eigenvalue weighted by Gasteiger charge is -2.18. The van der Waals surface area contributed by atoms with E-state index < -0.39 is 16.8 Å². The number of carbonyl (C=O) groups excluding carboxylic acids is 2. The highest BCUT2D eigenvalue weighted by Crippen LogP contribution is 2.40. The van der Waals surface area contributed by atoms with E-state index in [-0.39, 0.29) is 18.9 Å². The van der Waals surface area contributed by atoms with Gasteiger partial charge in [0.25, 0.3) is 11.6 Å². The van der Waals surface area contributed by atoms with Crippen LogP contribution in [0, 0.1) is 23.0 Å². The number of anilines is 1. The Labute approximate surface area is 178 Å². The minimum atomic E-state index is -0.486. The summed E-state index contributed by atoms with van der Waals surface area (Å²) in [4.78, 5) is 36.5. The molecule has 0 saturated heterocycles. The van der Waals surface area contributed by atoms with Gasteiger partial charge < -0.3 is 14.8 Å². The van der Waals surface area contributed by atoms with Gasteiger partial charge in [0.2, 0.25) is 0 Å². The van der Waals surface area contributed by atoms with Crippen LogP contribution in [0.2, 0.25) is 0 Å². The normalized spacial score (nSPS) is 15.2. The Morgan fingerprint density at radius 2 is 2.13 bits per heavy atom. The van der Waals surface area contributed by atoms with Crippen LogP contribution >= 0.6 is 11.3 Å². The molecule has 1 aliphatic rings. The standard InChI is InChI=1S/C21H24N2O6S/c1-4-28-21(25)19-15-7-5-12(2)9-17(15)30-20(19)22-18(24)11-29-16-8-6-14(23(26)27)10-13(16)3/h6,8,10,12H,4-5,7,9,11H2,1-3H3,(H,22,24). The zero-order chi connectivity index (χ0) is 21.8. The molecule has 0 fully saturated rings. The number of aryl methyl sites for hydroxylation is 1. The summed E-state index contributed by atoms with van der Waals surface area (Å²) in [5.41, 5.74) is 1.94. The first kappa shape index (κ1) is 21.8. The van der Waals surface area contributed by atoms with Crippen LogP contribution in [-0.4, -0.2) is 30.0 Å². The first-order chi connectivity index (χ1) is 14.3. The third-order valence-corrected chi connectivity index (χ3v) is 6.14. The summed E-state index contributed by atoms with van der Waals surface area (Å²) in [6, 6.07) is 4.18. The molecule has 1 atom stereocenters. The molecule has 0 bridgehead atoms. The molecule has 2 aromatic rings. The number of thiophene rings is 1. The second-order valence-corrected chi connectivity index (χ2v) is 8.43. The first-order valence-corrected chi connectivity index (χ1v) is 10.6. The Morgan fingerprint density at radius 1 is 1.37 bits per heavy atom. The number of nitro benzene ring substituents is 1. The molecule has 0 saturated carbocycles. The number of carbonyl (C=O) groups is 2. The quantitative estimate of drug-likeness (QED) is 0.397. The lowest BCUT2D eigenvalue weighted by molar-refractivity contribution is -0.384. The van der Waals surface area contributed by atoms with E-state index in [9.17, 15) is 19.7 Å². The second kappa shape index (κ2) is 9.25. The van der Waals surface area contributed by atoms with Crippen LogP contribution < -0.4 is 10.1 Å². The maximum Gasteiger partial charge on any atom is 0.341 e. The number of nitro groups is 1. The number of hydrogen-bond donors (Lipinski definition) is 1. The lowest BCUT2D eigenvalue weighted by Crippen LogP contribution is -2.21. The minimum Gasteiger partial charge on any atom is -0.483 e. The van der Waals surface area contributed by atoms with Gasteiger partial charge >= 0.3 is 5.97 Å². The summed E-state index contributed by atoms with van der Waals surface area (Å²) in [6.07, 6.45) is 2.66. The van der Waals surface area contributed by atoms with Crippen molar-refractivity contribution in [2.45, 2.75) is 40.0 Å². The SMILES string of the molecule is CCOC(=O)c1c(NC(=O)COc2ccc([N+](=O)[O-])cc2C)sc2c1CCC(C)C2. The van der Waals surface area contributed by atoms with Crippen LogP contribution in [0.3, 0.4) is 0 Å². The van der Waals surface area contributed by atoms with E-state index >= 15 is 0 Å². The molecule has 1 aromatic carbocycles. The molecule has 0 radical (unpaired) electrons. The van der Waals surface area contributed by atoms with Gasteiger partial charge in [-0.15, -0.1) is 11.3 Å². The smallest absolute Gasteiger partial charge is 0.341 e. The summed E-state index contributed by atoms with van der Waals surface area (Å²) < 4.78 is 10.7. The molecule has 30 heavy (non-hydrogen) atoms. The third kappa shape index (κ3) is 4.79. The lowest BCUT2D eigenvalue weighted by atomic mass is 9.88. The highest BCUT2D eigenvalue weighted by molar-refractivity contribution is 7.17. The number of nitrogens with zero attached hydrogens (tertiary/aromatic N) is 1. The van der Waals surface area contributed by atoms with Crippen molar-refractivity contribution >= 4 is 33.9 Å². The number of amides is 1. The van der Waals surface area contributed by atoms with E-state index in [0.717, 1.165) is 29.7 Å². The van der Waals surface area contributed by atoms with Gasteiger partial charge in [-0.2, -0.15) is 0 Å². The summed E-state index contributed by atoms with van der Waals surface area (Å²) >= 11 is 1.41. The monoisotopic (exact) mass is 432 g/mol. The van der Waals surface area contributed by atoms with Crippen LogP contribution in [0.15, 0.2) is 18.2 Å². The predicted octanol–water partition coefficient (Wildman–Crippen LogP) is 4.28. The van der Waals surface area contributed by atoms with E-state index in [1.54, 1.807) is 13.8 Å². The van der Waals surface area contributed by atoms with Crippen LogP contribution in [0.1, 0.15) is 46.6 Å². The highest BCUT2D eigenvalue weighted by Gasteiger charge is 2.29. The van der Waals surface area contributed by atoms with Gasteiger partial charge in [0.15, 0.2) is 6.61 Å². The first-order valence-electron chi connectivity index (χ1n) is 9.79. The van der Waals surface area contributed by atoms with Crippen molar-refractivity contribution in [3.05, 3.63) is 49.9 Å². The molecule has 1 unspecified atom stereocenters. The van der Waals surface area contributed by atoms with Crippen LogP contribution in [0.5, 0.6) is 5.75 Å². The molecule has 9 heteroatoms. The molecule has 1 aliphatic carbocycles. The summed E-state index contributed by atoms with van der Waals surface area (Å²) in [5, 5.41) is 14.1. The number of rotatable bonds is 7. The summed E-state index contributed by atoms with van der Waals surface area (Å²) in [7, 11) is 0. The maximum atomic E-state index is 12.5. The van der Waals surface area contributed by atoms with Gasteiger partial charge in [-0.05, 0) is 56.2 Å². The van der Waals surface area contributed by atoms with Crippen molar-refractivity contribution in [1.29, 1.82) is 0 Å². The van der Waals surface area contributed by atoms with Crippen LogP contribution in [-0.2, 0) is 22.4 Å². The number of ether oxygens (including phenoxy) is 2.